The SMILES string of the molecule is CCN(CCN)Cc1c(F)cccc1OC. The molecule has 16 heavy (non-hydrogen) atoms. The summed E-state index contributed by atoms with van der Waals surface area (Å²) in [6.45, 7) is 4.74. The zero-order valence-electron chi connectivity index (χ0n) is 9.87. The minimum atomic E-state index is -0.227. The van der Waals surface area contributed by atoms with Crippen LogP contribution in [0.15, 0.2) is 18.2 Å². The van der Waals surface area contributed by atoms with E-state index in [0.717, 1.165) is 13.1 Å². The summed E-state index contributed by atoms with van der Waals surface area (Å²) >= 11 is 0. The van der Waals surface area contributed by atoms with E-state index in [0.29, 0.717) is 24.4 Å². The highest BCUT2D eigenvalue weighted by Crippen LogP contribution is 2.22. The average molecular weight is 226 g/mol. The predicted molar refractivity (Wildman–Crippen MR) is 63.0 cm³/mol. The van der Waals surface area contributed by atoms with Gasteiger partial charge in [-0.15, -0.1) is 0 Å². The van der Waals surface area contributed by atoms with E-state index in [1.165, 1.54) is 6.07 Å². The molecule has 4 heteroatoms. The fraction of sp³-hybridized carbons (Fsp3) is 0.500. The van der Waals surface area contributed by atoms with Crippen molar-refractivity contribution < 1.29 is 9.13 Å². The molecule has 1 rings (SSSR count). The Labute approximate surface area is 96.0 Å². The number of nitrogens with two attached hydrogens (primary N) is 1. The molecule has 1 aromatic carbocycles. The zero-order valence-corrected chi connectivity index (χ0v) is 9.87. The van der Waals surface area contributed by atoms with Crippen molar-refractivity contribution >= 4 is 0 Å². The van der Waals surface area contributed by atoms with E-state index in [-0.39, 0.29) is 5.82 Å². The average Bonchev–Trinajstić information content (AvgIpc) is 2.30. The minimum absolute atomic E-state index is 0.227. The molecule has 0 saturated heterocycles. The van der Waals surface area contributed by atoms with Crippen LogP contribution in [0.5, 0.6) is 5.75 Å². The van der Waals surface area contributed by atoms with Crippen LogP contribution in [0, 0.1) is 5.82 Å². The molecule has 0 aliphatic heterocycles. The van der Waals surface area contributed by atoms with Crippen LogP contribution < -0.4 is 10.5 Å². The normalized spacial score (nSPS) is 10.8. The molecular weight excluding hydrogens is 207 g/mol. The summed E-state index contributed by atoms with van der Waals surface area (Å²) in [4.78, 5) is 2.08. The van der Waals surface area contributed by atoms with Gasteiger partial charge < -0.3 is 10.5 Å². The first-order chi connectivity index (χ1) is 7.72. The molecule has 1 aromatic rings. The molecule has 0 aromatic heterocycles. The van der Waals surface area contributed by atoms with Crippen LogP contribution >= 0.6 is 0 Å². The molecule has 0 bridgehead atoms. The monoisotopic (exact) mass is 226 g/mol. The Bertz CT molecular complexity index is 331. The lowest BCUT2D eigenvalue weighted by atomic mass is 10.1. The quantitative estimate of drug-likeness (QED) is 0.801. The van der Waals surface area contributed by atoms with Gasteiger partial charge in [-0.1, -0.05) is 13.0 Å². The number of rotatable bonds is 6. The molecule has 2 N–H and O–H groups in total. The number of ether oxygens (including phenoxy) is 1. The van der Waals surface area contributed by atoms with E-state index in [1.807, 2.05) is 6.92 Å². The van der Waals surface area contributed by atoms with Crippen molar-refractivity contribution in [2.75, 3.05) is 26.7 Å². The summed E-state index contributed by atoms with van der Waals surface area (Å²) in [5, 5.41) is 0. The number of halogens is 1. The second-order valence-corrected chi connectivity index (χ2v) is 3.58. The van der Waals surface area contributed by atoms with Crippen LogP contribution in [0.4, 0.5) is 4.39 Å². The first-order valence-corrected chi connectivity index (χ1v) is 5.46. The molecule has 0 spiro atoms. The van der Waals surface area contributed by atoms with Crippen LogP contribution in [0.2, 0.25) is 0 Å². The smallest absolute Gasteiger partial charge is 0.131 e. The van der Waals surface area contributed by atoms with E-state index in [2.05, 4.69) is 4.90 Å². The number of methoxy groups -OCH3 is 1. The first kappa shape index (κ1) is 12.9. The van der Waals surface area contributed by atoms with Gasteiger partial charge in [-0.2, -0.15) is 0 Å². The van der Waals surface area contributed by atoms with Gasteiger partial charge in [0.05, 0.1) is 7.11 Å². The standard InChI is InChI=1S/C12H19FN2O/c1-3-15(8-7-14)9-10-11(13)5-4-6-12(10)16-2/h4-6H,3,7-9,14H2,1-2H3. The minimum Gasteiger partial charge on any atom is -0.496 e. The maximum absolute atomic E-state index is 13.6. The second-order valence-electron chi connectivity index (χ2n) is 3.58. The molecule has 0 fully saturated rings. The highest BCUT2D eigenvalue weighted by molar-refractivity contribution is 5.34. The van der Waals surface area contributed by atoms with E-state index in [4.69, 9.17) is 10.5 Å². The molecule has 0 atom stereocenters. The Morgan fingerprint density at radius 1 is 1.44 bits per heavy atom. The van der Waals surface area contributed by atoms with Crippen molar-refractivity contribution in [2.45, 2.75) is 13.5 Å². The molecular formula is C12H19FN2O. The third kappa shape index (κ3) is 3.18. The summed E-state index contributed by atoms with van der Waals surface area (Å²) in [7, 11) is 1.55. The molecule has 90 valence electrons. The Morgan fingerprint density at radius 2 is 2.19 bits per heavy atom. The van der Waals surface area contributed by atoms with Gasteiger partial charge in [0.15, 0.2) is 0 Å². The highest BCUT2D eigenvalue weighted by atomic mass is 19.1. The summed E-state index contributed by atoms with van der Waals surface area (Å²) in [5.74, 6) is 0.366. The zero-order chi connectivity index (χ0) is 12.0. The van der Waals surface area contributed by atoms with Gasteiger partial charge in [0.25, 0.3) is 0 Å². The molecule has 0 aliphatic carbocycles. The van der Waals surface area contributed by atoms with Gasteiger partial charge in [0.1, 0.15) is 11.6 Å². The first-order valence-electron chi connectivity index (χ1n) is 5.46. The van der Waals surface area contributed by atoms with Crippen molar-refractivity contribution in [3.63, 3.8) is 0 Å². The van der Waals surface area contributed by atoms with Crippen LogP contribution in [-0.2, 0) is 6.54 Å². The van der Waals surface area contributed by atoms with Crippen LogP contribution in [0.3, 0.4) is 0 Å². The van der Waals surface area contributed by atoms with Crippen molar-refractivity contribution in [1.29, 1.82) is 0 Å². The number of nitrogens with zero attached hydrogens (tertiary/aromatic N) is 1. The molecule has 0 amide bonds. The lowest BCUT2D eigenvalue weighted by molar-refractivity contribution is 0.277. The Balaban J connectivity index is 2.85. The Hall–Kier alpha value is -1.13. The topological polar surface area (TPSA) is 38.5 Å². The van der Waals surface area contributed by atoms with Crippen molar-refractivity contribution in [3.8, 4) is 5.75 Å². The third-order valence-corrected chi connectivity index (χ3v) is 2.57. The van der Waals surface area contributed by atoms with E-state index < -0.39 is 0 Å². The fourth-order valence-electron chi connectivity index (χ4n) is 1.64. The number of hydrogen-bond donors (Lipinski definition) is 1. The lowest BCUT2D eigenvalue weighted by Gasteiger charge is -2.21. The Kier molecular flexibility index (Phi) is 5.22. The van der Waals surface area contributed by atoms with E-state index >= 15 is 0 Å². The van der Waals surface area contributed by atoms with Crippen molar-refractivity contribution in [1.82, 2.24) is 4.90 Å². The molecule has 0 radical (unpaired) electrons. The summed E-state index contributed by atoms with van der Waals surface area (Å²) in [5.41, 5.74) is 6.10. The van der Waals surface area contributed by atoms with Gasteiger partial charge in [-0.3, -0.25) is 4.90 Å². The van der Waals surface area contributed by atoms with Gasteiger partial charge in [0, 0.05) is 25.2 Å². The maximum atomic E-state index is 13.6. The predicted octanol–water partition coefficient (Wildman–Crippen LogP) is 1.61. The highest BCUT2D eigenvalue weighted by Gasteiger charge is 2.12. The number of benzene rings is 1. The maximum Gasteiger partial charge on any atom is 0.131 e. The largest absolute Gasteiger partial charge is 0.496 e. The van der Waals surface area contributed by atoms with Crippen LogP contribution in [-0.4, -0.2) is 31.6 Å². The molecule has 0 heterocycles. The lowest BCUT2D eigenvalue weighted by Crippen LogP contribution is -2.29. The number of likely N-dealkylation sites (N-methyl/N-ethyl adjacent to an activating group) is 1. The molecule has 0 saturated carbocycles. The number of hydrogen-bond acceptors (Lipinski definition) is 3. The summed E-state index contributed by atoms with van der Waals surface area (Å²) in [6, 6.07) is 4.87. The van der Waals surface area contributed by atoms with Gasteiger partial charge >= 0.3 is 0 Å². The van der Waals surface area contributed by atoms with Crippen molar-refractivity contribution in [2.24, 2.45) is 5.73 Å². The summed E-state index contributed by atoms with van der Waals surface area (Å²) < 4.78 is 18.8. The van der Waals surface area contributed by atoms with Crippen LogP contribution in [0.25, 0.3) is 0 Å². The van der Waals surface area contributed by atoms with Gasteiger partial charge in [-0.25, -0.2) is 4.39 Å². The second kappa shape index (κ2) is 6.45. The molecule has 3 nitrogen and oxygen atoms in total. The molecule has 0 aliphatic rings. The van der Waals surface area contributed by atoms with Crippen LogP contribution in [0.1, 0.15) is 12.5 Å². The van der Waals surface area contributed by atoms with Gasteiger partial charge in [0.2, 0.25) is 0 Å². The van der Waals surface area contributed by atoms with Gasteiger partial charge in [-0.05, 0) is 18.7 Å². The molecule has 0 unspecified atom stereocenters. The van der Waals surface area contributed by atoms with Crippen molar-refractivity contribution in [3.05, 3.63) is 29.6 Å². The van der Waals surface area contributed by atoms with E-state index in [9.17, 15) is 4.39 Å². The fourth-order valence-corrected chi connectivity index (χ4v) is 1.64. The van der Waals surface area contributed by atoms with E-state index in [1.54, 1.807) is 19.2 Å². The Morgan fingerprint density at radius 3 is 2.75 bits per heavy atom. The third-order valence-electron chi connectivity index (χ3n) is 2.57. The summed E-state index contributed by atoms with van der Waals surface area (Å²) in [6.07, 6.45) is 0.